The second-order valence-corrected chi connectivity index (χ2v) is 6.77. The number of aliphatic hydroxyl groups excluding tert-OH is 2. The Labute approximate surface area is 165 Å². The number of rotatable bonds is 11. The number of amides is 2. The lowest BCUT2D eigenvalue weighted by atomic mass is 10.1. The van der Waals surface area contributed by atoms with Crippen LogP contribution in [-0.4, -0.2) is 47.3 Å². The van der Waals surface area contributed by atoms with E-state index < -0.39 is 0 Å². The molecule has 0 aliphatic heterocycles. The summed E-state index contributed by atoms with van der Waals surface area (Å²) in [5.41, 5.74) is 2.04. The molecule has 0 aliphatic carbocycles. The smallest absolute Gasteiger partial charge is 0.220 e. The van der Waals surface area contributed by atoms with Crippen molar-refractivity contribution in [2.75, 3.05) is 13.2 Å². The zero-order valence-electron chi connectivity index (χ0n) is 15.9. The number of hydrogen-bond donors (Lipinski definition) is 4. The van der Waals surface area contributed by atoms with Crippen molar-refractivity contribution in [3.05, 3.63) is 71.8 Å². The average molecular weight is 384 g/mol. The van der Waals surface area contributed by atoms with Gasteiger partial charge in [0.2, 0.25) is 11.8 Å². The van der Waals surface area contributed by atoms with Gasteiger partial charge in [0, 0.05) is 12.8 Å². The molecule has 0 radical (unpaired) electrons. The number of hydrogen-bond acceptors (Lipinski definition) is 4. The Bertz CT molecular complexity index is 658. The minimum atomic E-state index is -0.388. The van der Waals surface area contributed by atoms with Gasteiger partial charge in [0.1, 0.15) is 0 Å². The van der Waals surface area contributed by atoms with E-state index >= 15 is 0 Å². The lowest BCUT2D eigenvalue weighted by molar-refractivity contribution is -0.127. The first-order valence-electron chi connectivity index (χ1n) is 9.49. The summed E-state index contributed by atoms with van der Waals surface area (Å²) in [5.74, 6) is -0.567. The Balaban J connectivity index is 1.73. The predicted octanol–water partition coefficient (Wildman–Crippen LogP) is 1.21. The molecular formula is C22H28N2O4. The summed E-state index contributed by atoms with van der Waals surface area (Å²) in [7, 11) is 0. The van der Waals surface area contributed by atoms with Crippen molar-refractivity contribution in [3.8, 4) is 0 Å². The molecule has 150 valence electrons. The van der Waals surface area contributed by atoms with Crippen molar-refractivity contribution >= 4 is 11.8 Å². The van der Waals surface area contributed by atoms with Gasteiger partial charge < -0.3 is 20.8 Å². The summed E-state index contributed by atoms with van der Waals surface area (Å²) in [6.45, 7) is -0.340. The number of benzene rings is 2. The second kappa shape index (κ2) is 11.9. The van der Waals surface area contributed by atoms with Crippen molar-refractivity contribution in [2.45, 2.75) is 37.8 Å². The van der Waals surface area contributed by atoms with Gasteiger partial charge in [0.15, 0.2) is 0 Å². The molecular weight excluding hydrogens is 356 g/mol. The van der Waals surface area contributed by atoms with E-state index in [2.05, 4.69) is 10.6 Å². The van der Waals surface area contributed by atoms with Gasteiger partial charge in [-0.05, 0) is 24.0 Å². The highest BCUT2D eigenvalue weighted by Crippen LogP contribution is 2.05. The molecule has 2 amide bonds. The zero-order valence-corrected chi connectivity index (χ0v) is 15.9. The molecule has 0 saturated heterocycles. The maximum Gasteiger partial charge on any atom is 0.220 e. The van der Waals surface area contributed by atoms with Crippen LogP contribution in [0.5, 0.6) is 0 Å². The van der Waals surface area contributed by atoms with Gasteiger partial charge in [-0.3, -0.25) is 9.59 Å². The highest BCUT2D eigenvalue weighted by Gasteiger charge is 2.16. The third-order valence-electron chi connectivity index (χ3n) is 4.40. The Kier molecular flexibility index (Phi) is 9.18. The lowest BCUT2D eigenvalue weighted by Crippen LogP contribution is -2.41. The zero-order chi connectivity index (χ0) is 20.2. The molecule has 0 saturated carbocycles. The van der Waals surface area contributed by atoms with E-state index in [9.17, 15) is 19.8 Å². The van der Waals surface area contributed by atoms with Crippen LogP contribution in [-0.2, 0) is 22.4 Å². The molecule has 0 aromatic heterocycles. The van der Waals surface area contributed by atoms with E-state index in [1.165, 1.54) is 0 Å². The van der Waals surface area contributed by atoms with Crippen LogP contribution >= 0.6 is 0 Å². The van der Waals surface area contributed by atoms with Gasteiger partial charge in [-0.2, -0.15) is 0 Å². The molecule has 28 heavy (non-hydrogen) atoms. The number of carbonyl (C=O) groups excluding carboxylic acids is 2. The number of nitrogens with one attached hydrogen (secondary N) is 2. The van der Waals surface area contributed by atoms with Crippen molar-refractivity contribution in [2.24, 2.45) is 0 Å². The minimum absolute atomic E-state index is 0.0284. The van der Waals surface area contributed by atoms with Crippen LogP contribution in [0.4, 0.5) is 0 Å². The highest BCUT2D eigenvalue weighted by atomic mass is 16.3. The highest BCUT2D eigenvalue weighted by molar-refractivity contribution is 5.84. The molecule has 0 unspecified atom stereocenters. The van der Waals surface area contributed by atoms with E-state index in [1.807, 2.05) is 60.7 Å². The van der Waals surface area contributed by atoms with Crippen LogP contribution in [0.1, 0.15) is 24.0 Å². The predicted molar refractivity (Wildman–Crippen MR) is 108 cm³/mol. The molecule has 2 atom stereocenters. The van der Waals surface area contributed by atoms with Crippen LogP contribution in [0, 0.1) is 0 Å². The van der Waals surface area contributed by atoms with E-state index in [0.29, 0.717) is 12.8 Å². The van der Waals surface area contributed by atoms with Gasteiger partial charge in [-0.1, -0.05) is 60.7 Å². The van der Waals surface area contributed by atoms with Crippen LogP contribution in [0.25, 0.3) is 0 Å². The molecule has 0 spiro atoms. The van der Waals surface area contributed by atoms with Gasteiger partial charge in [-0.25, -0.2) is 0 Å². The Hall–Kier alpha value is -2.70. The maximum atomic E-state index is 12.1. The van der Waals surface area contributed by atoms with E-state index in [-0.39, 0.29) is 50.0 Å². The fraction of sp³-hybridized carbons (Fsp3) is 0.364. The third kappa shape index (κ3) is 7.90. The third-order valence-corrected chi connectivity index (χ3v) is 4.40. The molecule has 0 fully saturated rings. The SMILES string of the molecule is O=C(CCC(=O)N[C@H](CO)Cc1ccccc1)N[C@H](CO)Cc1ccccc1. The topological polar surface area (TPSA) is 98.7 Å². The molecule has 2 aromatic carbocycles. The van der Waals surface area contributed by atoms with Crippen molar-refractivity contribution in [1.29, 1.82) is 0 Å². The van der Waals surface area contributed by atoms with Crippen molar-refractivity contribution in [1.82, 2.24) is 10.6 Å². The average Bonchev–Trinajstić information content (AvgIpc) is 2.72. The molecule has 2 rings (SSSR count). The Morgan fingerprint density at radius 1 is 0.679 bits per heavy atom. The van der Waals surface area contributed by atoms with Gasteiger partial charge in [0.05, 0.1) is 25.3 Å². The van der Waals surface area contributed by atoms with Gasteiger partial charge in [-0.15, -0.1) is 0 Å². The van der Waals surface area contributed by atoms with E-state index in [1.54, 1.807) is 0 Å². The van der Waals surface area contributed by atoms with E-state index in [0.717, 1.165) is 11.1 Å². The first-order valence-corrected chi connectivity index (χ1v) is 9.49. The Morgan fingerprint density at radius 3 is 1.36 bits per heavy atom. The van der Waals surface area contributed by atoms with E-state index in [4.69, 9.17) is 0 Å². The fourth-order valence-corrected chi connectivity index (χ4v) is 2.95. The summed E-state index contributed by atoms with van der Waals surface area (Å²) in [6.07, 6.45) is 1.11. The van der Waals surface area contributed by atoms with Crippen LogP contribution in [0.15, 0.2) is 60.7 Å². The standard InChI is InChI=1S/C22H28N2O4/c25-15-19(13-17-7-3-1-4-8-17)23-21(27)11-12-22(28)24-20(16-26)14-18-9-5-2-6-10-18/h1-10,19-20,25-26H,11-16H2,(H,23,27)(H,24,28)/t19-,20-/m0/s1. The van der Waals surface area contributed by atoms with Crippen LogP contribution in [0.3, 0.4) is 0 Å². The summed E-state index contributed by atoms with van der Waals surface area (Å²) >= 11 is 0. The molecule has 0 bridgehead atoms. The molecule has 2 aromatic rings. The summed E-state index contributed by atoms with van der Waals surface area (Å²) < 4.78 is 0. The first kappa shape index (κ1) is 21.6. The molecule has 4 N–H and O–H groups in total. The lowest BCUT2D eigenvalue weighted by Gasteiger charge is -2.18. The second-order valence-electron chi connectivity index (χ2n) is 6.77. The van der Waals surface area contributed by atoms with Crippen LogP contribution < -0.4 is 10.6 Å². The summed E-state index contributed by atoms with van der Waals surface area (Å²) in [5, 5.41) is 24.5. The summed E-state index contributed by atoms with van der Waals surface area (Å²) in [4.78, 5) is 24.2. The normalized spacial score (nSPS) is 12.8. The maximum absolute atomic E-state index is 12.1. The largest absolute Gasteiger partial charge is 0.394 e. The molecule has 6 heteroatoms. The Morgan fingerprint density at radius 2 is 1.04 bits per heavy atom. The van der Waals surface area contributed by atoms with Gasteiger partial charge >= 0.3 is 0 Å². The first-order chi connectivity index (χ1) is 13.6. The monoisotopic (exact) mass is 384 g/mol. The van der Waals surface area contributed by atoms with Gasteiger partial charge in [0.25, 0.3) is 0 Å². The quantitative estimate of drug-likeness (QED) is 0.468. The molecule has 6 nitrogen and oxygen atoms in total. The van der Waals surface area contributed by atoms with Crippen molar-refractivity contribution in [3.63, 3.8) is 0 Å². The van der Waals surface area contributed by atoms with Crippen LogP contribution in [0.2, 0.25) is 0 Å². The molecule has 0 heterocycles. The number of carbonyl (C=O) groups is 2. The fourth-order valence-electron chi connectivity index (χ4n) is 2.95. The minimum Gasteiger partial charge on any atom is -0.394 e. The van der Waals surface area contributed by atoms with Crippen molar-refractivity contribution < 1.29 is 19.8 Å². The summed E-state index contributed by atoms with van der Waals surface area (Å²) in [6, 6.07) is 18.4. The molecule has 0 aliphatic rings. The number of aliphatic hydroxyl groups is 2.